The molecule has 1 aromatic rings. The van der Waals surface area contributed by atoms with Crippen LogP contribution in [0.3, 0.4) is 0 Å². The van der Waals surface area contributed by atoms with Crippen molar-refractivity contribution in [1.29, 1.82) is 0 Å². The van der Waals surface area contributed by atoms with Gasteiger partial charge in [0.2, 0.25) is 0 Å². The van der Waals surface area contributed by atoms with E-state index in [1.54, 1.807) is 18.3 Å². The molecular formula is C18H22N4O3. The zero-order valence-corrected chi connectivity index (χ0v) is 14.7. The Labute approximate surface area is 146 Å². The number of imide groups is 2. The van der Waals surface area contributed by atoms with Crippen molar-refractivity contribution in [2.45, 2.75) is 13.8 Å². The number of hydrogen-bond donors (Lipinski definition) is 1. The molecule has 1 N–H and O–H groups in total. The first-order valence-electron chi connectivity index (χ1n) is 8.28. The van der Waals surface area contributed by atoms with Crippen LogP contribution in [0.5, 0.6) is 0 Å². The first-order valence-corrected chi connectivity index (χ1v) is 8.28. The minimum absolute atomic E-state index is 0.0117. The number of benzene rings is 1. The van der Waals surface area contributed by atoms with Crippen LogP contribution in [0.2, 0.25) is 0 Å². The number of amides is 4. The Morgan fingerprint density at radius 3 is 2.32 bits per heavy atom. The molecule has 2 aliphatic rings. The smallest absolute Gasteiger partial charge is 0.335 e. The van der Waals surface area contributed by atoms with Gasteiger partial charge < -0.3 is 9.80 Å². The lowest BCUT2D eigenvalue weighted by Gasteiger charge is -2.33. The van der Waals surface area contributed by atoms with Gasteiger partial charge in [-0.05, 0) is 44.2 Å². The number of nitrogens with zero attached hydrogens (tertiary/aromatic N) is 3. The number of carbonyl (C=O) groups excluding carboxylic acids is 3. The summed E-state index contributed by atoms with van der Waals surface area (Å²) in [7, 11) is 2.03. The zero-order valence-electron chi connectivity index (χ0n) is 14.7. The molecule has 0 unspecified atom stereocenters. The highest BCUT2D eigenvalue weighted by Crippen LogP contribution is 2.23. The van der Waals surface area contributed by atoms with Crippen LogP contribution in [0.4, 0.5) is 10.5 Å². The Morgan fingerprint density at radius 2 is 1.68 bits per heavy atom. The number of nitrogens with one attached hydrogen (secondary N) is 1. The number of urea groups is 1. The van der Waals surface area contributed by atoms with Gasteiger partial charge >= 0.3 is 6.03 Å². The second-order valence-electron chi connectivity index (χ2n) is 6.55. The maximum Gasteiger partial charge on any atom is 0.335 e. The molecule has 0 saturated carbocycles. The average Bonchev–Trinajstić information content (AvgIpc) is 2.56. The summed E-state index contributed by atoms with van der Waals surface area (Å²) < 4.78 is 0. The lowest BCUT2D eigenvalue weighted by atomic mass is 10.1. The lowest BCUT2D eigenvalue weighted by Crippen LogP contribution is -2.55. The van der Waals surface area contributed by atoms with E-state index in [0.29, 0.717) is 5.69 Å². The van der Waals surface area contributed by atoms with E-state index in [2.05, 4.69) is 10.2 Å². The van der Waals surface area contributed by atoms with Crippen molar-refractivity contribution in [2.75, 3.05) is 38.1 Å². The molecule has 3 rings (SSSR count). The molecule has 2 saturated heterocycles. The molecule has 2 heterocycles. The van der Waals surface area contributed by atoms with Gasteiger partial charge in [-0.1, -0.05) is 6.07 Å². The molecule has 2 aliphatic heterocycles. The third-order valence-corrected chi connectivity index (χ3v) is 4.70. The molecule has 25 heavy (non-hydrogen) atoms. The molecule has 0 radical (unpaired) electrons. The number of hydrogen-bond acceptors (Lipinski definition) is 5. The van der Waals surface area contributed by atoms with E-state index in [9.17, 15) is 14.4 Å². The number of carbonyl (C=O) groups is 3. The molecular weight excluding hydrogens is 320 g/mol. The first-order chi connectivity index (χ1) is 11.9. The van der Waals surface area contributed by atoms with Crippen molar-refractivity contribution in [1.82, 2.24) is 15.1 Å². The Bertz CT molecular complexity index is 764. The molecule has 0 atom stereocenters. The fourth-order valence-corrected chi connectivity index (χ4v) is 2.88. The number of anilines is 1. The molecule has 2 fully saturated rings. The molecule has 0 aliphatic carbocycles. The van der Waals surface area contributed by atoms with E-state index in [1.165, 1.54) is 0 Å². The van der Waals surface area contributed by atoms with E-state index >= 15 is 0 Å². The molecule has 4 amide bonds. The van der Waals surface area contributed by atoms with E-state index in [1.807, 2.05) is 31.9 Å². The van der Waals surface area contributed by atoms with Crippen LogP contribution >= 0.6 is 0 Å². The normalized spacial score (nSPS) is 21.1. The van der Waals surface area contributed by atoms with Gasteiger partial charge in [0, 0.05) is 32.4 Å². The predicted octanol–water partition coefficient (Wildman–Crippen LogP) is 1.02. The molecule has 7 nitrogen and oxygen atoms in total. The SMILES string of the molecule is Cc1ccc(N2C(=O)NC(=O)/C(=C/N3CCN(C)CC3)C2=O)cc1C. The maximum absolute atomic E-state index is 12.8. The van der Waals surface area contributed by atoms with E-state index in [0.717, 1.165) is 42.2 Å². The van der Waals surface area contributed by atoms with E-state index < -0.39 is 17.8 Å². The monoisotopic (exact) mass is 342 g/mol. The Balaban J connectivity index is 1.90. The molecule has 132 valence electrons. The van der Waals surface area contributed by atoms with Crippen molar-refractivity contribution in [3.63, 3.8) is 0 Å². The fraction of sp³-hybridized carbons (Fsp3) is 0.389. The Kier molecular flexibility index (Phi) is 4.59. The highest BCUT2D eigenvalue weighted by atomic mass is 16.2. The summed E-state index contributed by atoms with van der Waals surface area (Å²) in [5, 5.41) is 2.26. The largest absolute Gasteiger partial charge is 0.374 e. The van der Waals surface area contributed by atoms with Crippen LogP contribution in [0, 0.1) is 13.8 Å². The van der Waals surface area contributed by atoms with Gasteiger partial charge in [-0.2, -0.15) is 0 Å². The summed E-state index contributed by atoms with van der Waals surface area (Å²) in [6.07, 6.45) is 1.57. The van der Waals surface area contributed by atoms with Gasteiger partial charge in [-0.3, -0.25) is 14.9 Å². The third-order valence-electron chi connectivity index (χ3n) is 4.70. The van der Waals surface area contributed by atoms with Gasteiger partial charge in [0.1, 0.15) is 5.57 Å². The van der Waals surface area contributed by atoms with Gasteiger partial charge in [0.25, 0.3) is 11.8 Å². The van der Waals surface area contributed by atoms with Crippen molar-refractivity contribution in [2.24, 2.45) is 0 Å². The summed E-state index contributed by atoms with van der Waals surface area (Å²) in [4.78, 5) is 42.4. The van der Waals surface area contributed by atoms with Crippen LogP contribution < -0.4 is 10.2 Å². The number of likely N-dealkylation sites (N-methyl/N-ethyl adjacent to an activating group) is 1. The number of piperazine rings is 1. The van der Waals surface area contributed by atoms with Crippen LogP contribution in [0.1, 0.15) is 11.1 Å². The second kappa shape index (κ2) is 6.68. The summed E-state index contributed by atoms with van der Waals surface area (Å²) >= 11 is 0. The van der Waals surface area contributed by atoms with Gasteiger partial charge in [-0.25, -0.2) is 9.69 Å². The molecule has 0 aromatic heterocycles. The van der Waals surface area contributed by atoms with Crippen LogP contribution in [0.15, 0.2) is 30.0 Å². The summed E-state index contributed by atoms with van der Waals surface area (Å²) in [5.41, 5.74) is 2.49. The number of barbiturate groups is 1. The highest BCUT2D eigenvalue weighted by molar-refractivity contribution is 6.37. The van der Waals surface area contributed by atoms with Gasteiger partial charge in [-0.15, -0.1) is 0 Å². The van der Waals surface area contributed by atoms with Crippen LogP contribution in [0.25, 0.3) is 0 Å². The molecule has 1 aromatic carbocycles. The highest BCUT2D eigenvalue weighted by Gasteiger charge is 2.37. The quantitative estimate of drug-likeness (QED) is 0.642. The molecule has 7 heteroatoms. The Hall–Kier alpha value is -2.67. The third kappa shape index (κ3) is 3.41. The fourth-order valence-electron chi connectivity index (χ4n) is 2.88. The van der Waals surface area contributed by atoms with Crippen molar-refractivity contribution in [3.8, 4) is 0 Å². The van der Waals surface area contributed by atoms with Gasteiger partial charge in [0.05, 0.1) is 5.69 Å². The minimum atomic E-state index is -0.714. The summed E-state index contributed by atoms with van der Waals surface area (Å²) in [6, 6.07) is 4.62. The average molecular weight is 342 g/mol. The maximum atomic E-state index is 12.8. The summed E-state index contributed by atoms with van der Waals surface area (Å²) in [6.45, 7) is 7.06. The molecule has 0 spiro atoms. The lowest BCUT2D eigenvalue weighted by molar-refractivity contribution is -0.122. The number of aryl methyl sites for hydroxylation is 2. The van der Waals surface area contributed by atoms with E-state index in [-0.39, 0.29) is 5.57 Å². The van der Waals surface area contributed by atoms with E-state index in [4.69, 9.17) is 0 Å². The first kappa shape index (κ1) is 17.2. The second-order valence-corrected chi connectivity index (χ2v) is 6.55. The standard InChI is InChI=1S/C18H22N4O3/c1-12-4-5-14(10-13(12)2)22-17(24)15(16(23)19-18(22)25)11-21-8-6-20(3)7-9-21/h4-5,10-11H,6-9H2,1-3H3,(H,19,23,25)/b15-11-. The van der Waals surface area contributed by atoms with Crippen LogP contribution in [-0.2, 0) is 9.59 Å². The van der Waals surface area contributed by atoms with Crippen molar-refractivity contribution in [3.05, 3.63) is 41.1 Å². The van der Waals surface area contributed by atoms with Crippen molar-refractivity contribution < 1.29 is 14.4 Å². The van der Waals surface area contributed by atoms with Crippen LogP contribution in [-0.4, -0.2) is 60.9 Å². The summed E-state index contributed by atoms with van der Waals surface area (Å²) in [5.74, 6) is -1.23. The topological polar surface area (TPSA) is 73.0 Å². The minimum Gasteiger partial charge on any atom is -0.374 e. The predicted molar refractivity (Wildman–Crippen MR) is 94.1 cm³/mol. The molecule has 0 bridgehead atoms. The van der Waals surface area contributed by atoms with Gasteiger partial charge in [0.15, 0.2) is 0 Å². The zero-order chi connectivity index (χ0) is 18.1. The van der Waals surface area contributed by atoms with Crippen molar-refractivity contribution >= 4 is 23.5 Å². The number of rotatable bonds is 2. The Morgan fingerprint density at radius 1 is 1.00 bits per heavy atom.